The van der Waals surface area contributed by atoms with Gasteiger partial charge in [-0.2, -0.15) is 0 Å². The number of nitrogens with one attached hydrogen (secondary N) is 1. The van der Waals surface area contributed by atoms with E-state index in [1.807, 2.05) is 13.0 Å². The summed E-state index contributed by atoms with van der Waals surface area (Å²) in [5, 5.41) is 3.39. The monoisotopic (exact) mass is 502 g/mol. The number of likely N-dealkylation sites (tertiary alicyclic amines) is 1. The highest BCUT2D eigenvalue weighted by atomic mass is 127. The van der Waals surface area contributed by atoms with Gasteiger partial charge in [0.2, 0.25) is 0 Å². The minimum atomic E-state index is -0.0540. The SMILES string of the molecule is CCNC(=NCCN(C)Cc1ccccc1)N1CCC(C(=O)OCC)CC1.I. The van der Waals surface area contributed by atoms with Crippen LogP contribution in [-0.2, 0) is 16.1 Å². The van der Waals surface area contributed by atoms with Crippen LogP contribution in [0, 0.1) is 5.92 Å². The van der Waals surface area contributed by atoms with Crippen LogP contribution in [0.3, 0.4) is 0 Å². The van der Waals surface area contributed by atoms with E-state index in [1.165, 1.54) is 5.56 Å². The maximum absolute atomic E-state index is 11.9. The Kier molecular flexibility index (Phi) is 12.1. The lowest BCUT2D eigenvalue weighted by atomic mass is 9.97. The van der Waals surface area contributed by atoms with Crippen molar-refractivity contribution in [2.75, 3.05) is 46.4 Å². The number of piperidine rings is 1. The van der Waals surface area contributed by atoms with Crippen LogP contribution in [0.2, 0.25) is 0 Å². The van der Waals surface area contributed by atoms with Crippen molar-refractivity contribution in [2.45, 2.75) is 33.2 Å². The second-order valence-electron chi connectivity index (χ2n) is 6.97. The lowest BCUT2D eigenvalue weighted by molar-refractivity contribution is -0.149. The number of carbonyl (C=O) groups is 1. The van der Waals surface area contributed by atoms with E-state index in [0.717, 1.165) is 58.1 Å². The maximum Gasteiger partial charge on any atom is 0.309 e. The molecule has 1 aromatic carbocycles. The molecule has 1 N–H and O–H groups in total. The Bertz CT molecular complexity index is 589. The minimum Gasteiger partial charge on any atom is -0.466 e. The highest BCUT2D eigenvalue weighted by molar-refractivity contribution is 14.0. The second kappa shape index (κ2) is 13.8. The molecule has 1 fully saturated rings. The molecule has 28 heavy (non-hydrogen) atoms. The van der Waals surface area contributed by atoms with Gasteiger partial charge in [-0.1, -0.05) is 30.3 Å². The Hall–Kier alpha value is -1.35. The number of likely N-dealkylation sites (N-methyl/N-ethyl adjacent to an activating group) is 1. The molecular weight excluding hydrogens is 467 g/mol. The number of aliphatic imine (C=N–C) groups is 1. The quantitative estimate of drug-likeness (QED) is 0.257. The van der Waals surface area contributed by atoms with Gasteiger partial charge >= 0.3 is 5.97 Å². The molecule has 0 saturated carbocycles. The van der Waals surface area contributed by atoms with Gasteiger partial charge in [0.05, 0.1) is 19.1 Å². The van der Waals surface area contributed by atoms with Crippen LogP contribution < -0.4 is 5.32 Å². The average molecular weight is 502 g/mol. The van der Waals surface area contributed by atoms with Gasteiger partial charge < -0.3 is 19.9 Å². The van der Waals surface area contributed by atoms with Crippen molar-refractivity contribution in [3.63, 3.8) is 0 Å². The van der Waals surface area contributed by atoms with Crippen molar-refractivity contribution < 1.29 is 9.53 Å². The summed E-state index contributed by atoms with van der Waals surface area (Å²) < 4.78 is 5.16. The zero-order valence-electron chi connectivity index (χ0n) is 17.4. The number of rotatable bonds is 8. The maximum atomic E-state index is 11.9. The van der Waals surface area contributed by atoms with E-state index in [4.69, 9.17) is 9.73 Å². The van der Waals surface area contributed by atoms with Crippen LogP contribution in [0.15, 0.2) is 35.3 Å². The predicted octanol–water partition coefficient (Wildman–Crippen LogP) is 2.98. The molecule has 7 heteroatoms. The number of ether oxygens (including phenoxy) is 1. The van der Waals surface area contributed by atoms with E-state index in [0.29, 0.717) is 6.61 Å². The molecule has 1 heterocycles. The third kappa shape index (κ3) is 8.34. The Morgan fingerprint density at radius 1 is 1.25 bits per heavy atom. The first kappa shape index (κ1) is 24.7. The number of guanidine groups is 1. The third-order valence-corrected chi connectivity index (χ3v) is 4.79. The number of nitrogens with zero attached hydrogens (tertiary/aromatic N) is 3. The van der Waals surface area contributed by atoms with E-state index in [1.54, 1.807) is 0 Å². The van der Waals surface area contributed by atoms with Crippen molar-refractivity contribution >= 4 is 35.9 Å². The number of benzene rings is 1. The molecule has 0 unspecified atom stereocenters. The van der Waals surface area contributed by atoms with E-state index < -0.39 is 0 Å². The van der Waals surface area contributed by atoms with Crippen molar-refractivity contribution in [3.8, 4) is 0 Å². The Labute approximate surface area is 186 Å². The first-order chi connectivity index (χ1) is 13.1. The largest absolute Gasteiger partial charge is 0.466 e. The molecule has 1 saturated heterocycles. The summed E-state index contributed by atoms with van der Waals surface area (Å²) in [5.74, 6) is 0.927. The average Bonchev–Trinajstić information content (AvgIpc) is 2.68. The molecule has 0 aromatic heterocycles. The Balaban J connectivity index is 0.00000392. The fourth-order valence-electron chi connectivity index (χ4n) is 3.31. The van der Waals surface area contributed by atoms with Crippen molar-refractivity contribution in [1.82, 2.24) is 15.1 Å². The van der Waals surface area contributed by atoms with Gasteiger partial charge in [0, 0.05) is 32.7 Å². The number of esters is 1. The van der Waals surface area contributed by atoms with Gasteiger partial charge in [0.25, 0.3) is 0 Å². The van der Waals surface area contributed by atoms with Crippen LogP contribution in [0.25, 0.3) is 0 Å². The van der Waals surface area contributed by atoms with Gasteiger partial charge in [-0.15, -0.1) is 24.0 Å². The van der Waals surface area contributed by atoms with Gasteiger partial charge in [-0.25, -0.2) is 0 Å². The first-order valence-corrected chi connectivity index (χ1v) is 10.1. The fourth-order valence-corrected chi connectivity index (χ4v) is 3.31. The molecule has 0 spiro atoms. The Morgan fingerprint density at radius 3 is 2.54 bits per heavy atom. The standard InChI is InChI=1S/C21H34N4O2.HI/c1-4-22-21(25-14-11-19(12-15-25)20(26)27-5-2)23-13-16-24(3)17-18-9-7-6-8-10-18;/h6-10,19H,4-5,11-17H2,1-3H3,(H,22,23);1H. The van der Waals surface area contributed by atoms with Gasteiger partial charge in [-0.3, -0.25) is 9.79 Å². The van der Waals surface area contributed by atoms with Crippen LogP contribution >= 0.6 is 24.0 Å². The summed E-state index contributed by atoms with van der Waals surface area (Å²) in [6, 6.07) is 10.5. The first-order valence-electron chi connectivity index (χ1n) is 10.1. The topological polar surface area (TPSA) is 57.2 Å². The highest BCUT2D eigenvalue weighted by Crippen LogP contribution is 2.18. The molecule has 158 valence electrons. The van der Waals surface area contributed by atoms with Crippen molar-refractivity contribution in [3.05, 3.63) is 35.9 Å². The van der Waals surface area contributed by atoms with Gasteiger partial charge in [-0.05, 0) is 39.3 Å². The summed E-state index contributed by atoms with van der Waals surface area (Å²) >= 11 is 0. The zero-order chi connectivity index (χ0) is 19.5. The highest BCUT2D eigenvalue weighted by Gasteiger charge is 2.27. The number of carbonyl (C=O) groups excluding carboxylic acids is 1. The molecule has 1 aliphatic rings. The number of hydrogen-bond acceptors (Lipinski definition) is 4. The summed E-state index contributed by atoms with van der Waals surface area (Å²) in [6.07, 6.45) is 1.66. The molecule has 0 amide bonds. The summed E-state index contributed by atoms with van der Waals surface area (Å²) in [5.41, 5.74) is 1.32. The van der Waals surface area contributed by atoms with E-state index in [-0.39, 0.29) is 35.9 Å². The molecule has 2 rings (SSSR count). The predicted molar refractivity (Wildman–Crippen MR) is 125 cm³/mol. The molecular formula is C21H35IN4O2. The van der Waals surface area contributed by atoms with Gasteiger partial charge in [0.15, 0.2) is 5.96 Å². The summed E-state index contributed by atoms with van der Waals surface area (Å²) in [4.78, 5) is 21.3. The van der Waals surface area contributed by atoms with E-state index >= 15 is 0 Å². The lowest BCUT2D eigenvalue weighted by Gasteiger charge is -2.33. The minimum absolute atomic E-state index is 0. The number of hydrogen-bond donors (Lipinski definition) is 1. The van der Waals surface area contributed by atoms with E-state index in [2.05, 4.69) is 53.4 Å². The second-order valence-corrected chi connectivity index (χ2v) is 6.97. The Morgan fingerprint density at radius 2 is 1.93 bits per heavy atom. The van der Waals surface area contributed by atoms with Crippen LogP contribution in [-0.4, -0.2) is 68.1 Å². The molecule has 1 aliphatic heterocycles. The summed E-state index contributed by atoms with van der Waals surface area (Å²) in [6.45, 7) is 9.52. The third-order valence-electron chi connectivity index (χ3n) is 4.79. The number of halogens is 1. The smallest absolute Gasteiger partial charge is 0.309 e. The van der Waals surface area contributed by atoms with Crippen molar-refractivity contribution in [1.29, 1.82) is 0 Å². The van der Waals surface area contributed by atoms with Crippen LogP contribution in [0.5, 0.6) is 0 Å². The molecule has 0 aliphatic carbocycles. The van der Waals surface area contributed by atoms with Gasteiger partial charge in [0.1, 0.15) is 0 Å². The molecule has 1 aromatic rings. The molecule has 6 nitrogen and oxygen atoms in total. The van der Waals surface area contributed by atoms with Crippen molar-refractivity contribution in [2.24, 2.45) is 10.9 Å². The zero-order valence-corrected chi connectivity index (χ0v) is 19.7. The molecule has 0 bridgehead atoms. The lowest BCUT2D eigenvalue weighted by Crippen LogP contribution is -2.47. The van der Waals surface area contributed by atoms with Crippen LogP contribution in [0.1, 0.15) is 32.3 Å². The normalized spacial score (nSPS) is 15.3. The van der Waals surface area contributed by atoms with Crippen LogP contribution in [0.4, 0.5) is 0 Å². The van der Waals surface area contributed by atoms with E-state index in [9.17, 15) is 4.79 Å². The fraction of sp³-hybridized carbons (Fsp3) is 0.619. The molecule has 0 atom stereocenters. The molecule has 0 radical (unpaired) electrons. The summed E-state index contributed by atoms with van der Waals surface area (Å²) in [7, 11) is 2.13.